The summed E-state index contributed by atoms with van der Waals surface area (Å²) in [4.78, 5) is 28.1. The molecule has 21 heavy (non-hydrogen) atoms. The van der Waals surface area contributed by atoms with Crippen molar-refractivity contribution in [3.05, 3.63) is 27.3 Å². The van der Waals surface area contributed by atoms with Gasteiger partial charge in [0, 0.05) is 5.38 Å². The molecule has 10 heteroatoms. The first-order valence-corrected chi connectivity index (χ1v) is 6.29. The van der Waals surface area contributed by atoms with Crippen LogP contribution in [0.1, 0.15) is 13.2 Å². The number of aliphatic hydroxyl groups excluding tert-OH is 2. The van der Waals surface area contributed by atoms with Crippen molar-refractivity contribution in [3.63, 3.8) is 0 Å². The fraction of sp³-hybridized carbons (Fsp3) is 0.545. The topological polar surface area (TPSA) is 143 Å². The minimum atomic E-state index is -1.76. The highest BCUT2D eigenvalue weighted by Crippen LogP contribution is 2.36. The molecule has 1 saturated heterocycles. The largest absolute Gasteiger partial charge is 0.391 e. The second-order valence-corrected chi connectivity index (χ2v) is 4.87. The van der Waals surface area contributed by atoms with E-state index in [1.165, 1.54) is 6.92 Å². The first-order valence-electron chi connectivity index (χ1n) is 5.92. The van der Waals surface area contributed by atoms with Crippen LogP contribution < -0.4 is 17.1 Å². The molecule has 0 bridgehead atoms. The Morgan fingerprint density at radius 1 is 1.67 bits per heavy atom. The van der Waals surface area contributed by atoms with Crippen molar-refractivity contribution >= 4 is 11.6 Å². The van der Waals surface area contributed by atoms with Gasteiger partial charge in [-0.1, -0.05) is 5.92 Å². The van der Waals surface area contributed by atoms with Crippen molar-refractivity contribution in [1.29, 1.82) is 0 Å². The highest BCUT2D eigenvalue weighted by atomic mass is 35.5. The number of ether oxygens (including phenoxy) is 1. The van der Waals surface area contributed by atoms with Gasteiger partial charge in [0.25, 0.3) is 0 Å². The maximum Gasteiger partial charge on any atom is 0.350 e. The third-order valence-electron chi connectivity index (χ3n) is 3.23. The molecule has 1 aliphatic heterocycles. The van der Waals surface area contributed by atoms with E-state index in [1.807, 2.05) is 10.4 Å². The van der Waals surface area contributed by atoms with Gasteiger partial charge in [-0.25, -0.2) is 9.59 Å². The van der Waals surface area contributed by atoms with Crippen LogP contribution in [-0.4, -0.2) is 48.6 Å². The average molecular weight is 317 g/mol. The van der Waals surface area contributed by atoms with Gasteiger partial charge in [0.05, 0.1) is 6.10 Å². The minimum absolute atomic E-state index is 0.840. The summed E-state index contributed by atoms with van der Waals surface area (Å²) in [6, 6.07) is 0. The van der Waals surface area contributed by atoms with E-state index >= 15 is 0 Å². The van der Waals surface area contributed by atoms with Gasteiger partial charge in [-0.3, -0.25) is 9.55 Å². The van der Waals surface area contributed by atoms with Crippen LogP contribution in [-0.2, 0) is 4.74 Å². The van der Waals surface area contributed by atoms with Crippen LogP contribution in [0, 0.1) is 11.3 Å². The van der Waals surface area contributed by atoms with Crippen LogP contribution in [0.3, 0.4) is 0 Å². The summed E-state index contributed by atoms with van der Waals surface area (Å²) in [6.45, 7) is 1.39. The Hall–Kier alpha value is -1.70. The van der Waals surface area contributed by atoms with Crippen LogP contribution in [0.15, 0.2) is 15.9 Å². The van der Waals surface area contributed by atoms with E-state index in [9.17, 15) is 19.8 Å². The lowest BCUT2D eigenvalue weighted by atomic mass is 9.90. The van der Waals surface area contributed by atoms with Gasteiger partial charge in [0.15, 0.2) is 11.8 Å². The normalized spacial score (nSPS) is 33.3. The number of aromatic nitrogens is 3. The Bertz CT molecular complexity index is 705. The van der Waals surface area contributed by atoms with Gasteiger partial charge < -0.3 is 20.7 Å². The Kier molecular flexibility index (Phi) is 4.18. The summed E-state index contributed by atoms with van der Waals surface area (Å²) in [5.41, 5.74) is 2.56. The maximum absolute atomic E-state index is 11.8. The molecule has 5 N–H and O–H groups in total. The van der Waals surface area contributed by atoms with E-state index in [1.54, 1.807) is 0 Å². The summed E-state index contributed by atoms with van der Waals surface area (Å²) in [5, 5.41) is 21.9. The zero-order valence-electron chi connectivity index (χ0n) is 10.9. The van der Waals surface area contributed by atoms with Gasteiger partial charge in [-0.2, -0.15) is 4.98 Å². The number of aromatic amines is 1. The summed E-state index contributed by atoms with van der Waals surface area (Å²) in [6.07, 6.45) is -3.93. The third kappa shape index (κ3) is 2.59. The number of nitrogens with two attached hydrogens (primary N) is 1. The zero-order valence-corrected chi connectivity index (χ0v) is 11.6. The van der Waals surface area contributed by atoms with Gasteiger partial charge in [-0.15, -0.1) is 0 Å². The van der Waals surface area contributed by atoms with Crippen LogP contribution in [0.4, 0.5) is 0 Å². The molecule has 1 aromatic heterocycles. The number of hydrogen-bond donors (Lipinski definition) is 4. The number of H-pyrrole nitrogens is 1. The molecule has 2 rings (SSSR count). The van der Waals surface area contributed by atoms with E-state index < -0.39 is 41.5 Å². The second kappa shape index (κ2) is 5.59. The Balaban J connectivity index is 2.56. The molecule has 1 aromatic rings. The van der Waals surface area contributed by atoms with Crippen molar-refractivity contribution in [2.75, 3.05) is 0 Å². The number of nitrogens with zero attached hydrogens (tertiary/aromatic N) is 2. The highest BCUT2D eigenvalue weighted by molar-refractivity contribution is 6.30. The molecule has 1 aliphatic rings. The molecule has 0 radical (unpaired) electrons. The standard InChI is InChI=1S/C11H13ClN4O5/c1-5(17)6-7(18)11(13,2-3-12)8(21-6)16-4-14-9(19)15-10(16)20/h4-8,17-18H,13H2,1H3,(H,15,19,20)/t5-,6+,7?,8+,11+/m0/s1. The van der Waals surface area contributed by atoms with E-state index in [4.69, 9.17) is 22.1 Å². The predicted octanol–water partition coefficient (Wildman–Crippen LogP) is -2.53. The van der Waals surface area contributed by atoms with Gasteiger partial charge in [-0.05, 0) is 18.5 Å². The molecular weight excluding hydrogens is 304 g/mol. The van der Waals surface area contributed by atoms with E-state index in [0.717, 1.165) is 10.9 Å². The van der Waals surface area contributed by atoms with Crippen LogP contribution >= 0.6 is 11.6 Å². The molecule has 9 nitrogen and oxygen atoms in total. The number of halogens is 1. The van der Waals surface area contributed by atoms with Crippen molar-refractivity contribution in [2.24, 2.45) is 5.73 Å². The molecular formula is C11H13ClN4O5. The smallest absolute Gasteiger partial charge is 0.350 e. The molecule has 114 valence electrons. The number of nitrogens with one attached hydrogen (secondary N) is 1. The van der Waals surface area contributed by atoms with E-state index in [2.05, 4.69) is 10.9 Å². The fourth-order valence-electron chi connectivity index (χ4n) is 2.17. The monoisotopic (exact) mass is 316 g/mol. The lowest BCUT2D eigenvalue weighted by Gasteiger charge is -2.27. The van der Waals surface area contributed by atoms with Crippen LogP contribution in [0.25, 0.3) is 0 Å². The predicted molar refractivity (Wildman–Crippen MR) is 71.3 cm³/mol. The van der Waals surface area contributed by atoms with Crippen LogP contribution in [0.5, 0.6) is 0 Å². The van der Waals surface area contributed by atoms with Crippen molar-refractivity contribution in [3.8, 4) is 11.3 Å². The van der Waals surface area contributed by atoms with E-state index in [0.29, 0.717) is 0 Å². The fourth-order valence-corrected chi connectivity index (χ4v) is 2.33. The van der Waals surface area contributed by atoms with Crippen LogP contribution in [0.2, 0.25) is 0 Å². The van der Waals surface area contributed by atoms with Crippen molar-refractivity contribution in [1.82, 2.24) is 14.5 Å². The second-order valence-electron chi connectivity index (χ2n) is 4.68. The number of hydrogen-bond acceptors (Lipinski definition) is 7. The molecule has 1 fully saturated rings. The Morgan fingerprint density at radius 3 is 2.86 bits per heavy atom. The first kappa shape index (κ1) is 15.7. The van der Waals surface area contributed by atoms with Crippen molar-refractivity contribution < 1.29 is 14.9 Å². The SMILES string of the molecule is C[C@H](O)[C@H]1O[C@@H](n2cnc(=O)[nH]c2=O)[C@@](N)(C#CCl)C1O. The molecule has 0 amide bonds. The molecule has 2 heterocycles. The molecule has 0 aromatic carbocycles. The molecule has 0 aliphatic carbocycles. The average Bonchev–Trinajstić information content (AvgIpc) is 2.64. The highest BCUT2D eigenvalue weighted by Gasteiger charge is 2.56. The van der Waals surface area contributed by atoms with E-state index in [-0.39, 0.29) is 0 Å². The maximum atomic E-state index is 11.8. The molecule has 0 spiro atoms. The van der Waals surface area contributed by atoms with Gasteiger partial charge in [0.1, 0.15) is 18.5 Å². The Morgan fingerprint density at radius 2 is 2.33 bits per heavy atom. The Labute approximate surface area is 123 Å². The molecule has 5 atom stereocenters. The zero-order chi connectivity index (χ0) is 15.8. The number of aliphatic hydroxyl groups is 2. The molecule has 1 unspecified atom stereocenters. The first-order chi connectivity index (χ1) is 9.81. The summed E-state index contributed by atoms with van der Waals surface area (Å²) < 4.78 is 6.29. The summed E-state index contributed by atoms with van der Waals surface area (Å²) in [7, 11) is 0. The summed E-state index contributed by atoms with van der Waals surface area (Å²) >= 11 is 5.35. The minimum Gasteiger partial charge on any atom is -0.391 e. The third-order valence-corrected chi connectivity index (χ3v) is 3.33. The molecule has 0 saturated carbocycles. The lowest BCUT2D eigenvalue weighted by molar-refractivity contribution is -0.0782. The van der Waals surface area contributed by atoms with Gasteiger partial charge >= 0.3 is 11.4 Å². The quantitative estimate of drug-likeness (QED) is 0.440. The lowest BCUT2D eigenvalue weighted by Crippen LogP contribution is -2.55. The summed E-state index contributed by atoms with van der Waals surface area (Å²) in [5.74, 6) is 2.37. The van der Waals surface area contributed by atoms with Gasteiger partial charge in [0.2, 0.25) is 0 Å². The van der Waals surface area contributed by atoms with Crippen molar-refractivity contribution in [2.45, 2.75) is 37.0 Å². The number of rotatable bonds is 2.